The summed E-state index contributed by atoms with van der Waals surface area (Å²) in [6.07, 6.45) is 1.72. The van der Waals surface area contributed by atoms with Crippen molar-refractivity contribution >= 4 is 23.5 Å². The molecule has 0 radical (unpaired) electrons. The van der Waals surface area contributed by atoms with Crippen molar-refractivity contribution in [1.82, 2.24) is 5.32 Å². The van der Waals surface area contributed by atoms with Crippen molar-refractivity contribution < 1.29 is 14.7 Å². The average molecular weight is 347 g/mol. The van der Waals surface area contributed by atoms with Crippen LogP contribution in [0.15, 0.2) is 35.4 Å². The smallest absolute Gasteiger partial charge is 0.224 e. The summed E-state index contributed by atoms with van der Waals surface area (Å²) in [7, 11) is 0. The summed E-state index contributed by atoms with van der Waals surface area (Å²) >= 11 is 5.86. The lowest BCUT2D eigenvalue weighted by molar-refractivity contribution is -0.314. The molecule has 24 heavy (non-hydrogen) atoms. The number of hydrogen-bond acceptors (Lipinski definition) is 3. The van der Waals surface area contributed by atoms with E-state index in [1.165, 1.54) is 0 Å². The van der Waals surface area contributed by atoms with E-state index in [0.29, 0.717) is 11.6 Å². The fraction of sp³-hybridized carbons (Fsp3) is 0.474. The van der Waals surface area contributed by atoms with E-state index in [4.69, 9.17) is 11.6 Å². The summed E-state index contributed by atoms with van der Waals surface area (Å²) in [4.78, 5) is 24.4. The maximum absolute atomic E-state index is 12.7. The summed E-state index contributed by atoms with van der Waals surface area (Å²) < 4.78 is 0. The summed E-state index contributed by atoms with van der Waals surface area (Å²) in [6.45, 7) is 4.37. The van der Waals surface area contributed by atoms with Crippen LogP contribution in [0.2, 0.25) is 5.02 Å². The highest BCUT2D eigenvalue weighted by atomic mass is 35.5. The second-order valence-electron chi connectivity index (χ2n) is 6.96. The Bertz CT molecular complexity index is 691. The molecule has 128 valence electrons. The first kappa shape index (κ1) is 17.0. The molecule has 2 aliphatic carbocycles. The number of nitrogens with one attached hydrogen (secondary N) is 1. The van der Waals surface area contributed by atoms with Gasteiger partial charge in [0.2, 0.25) is 5.91 Å². The molecule has 1 amide bonds. The zero-order valence-corrected chi connectivity index (χ0v) is 14.6. The Kier molecular flexibility index (Phi) is 4.68. The first-order valence-corrected chi connectivity index (χ1v) is 8.68. The van der Waals surface area contributed by atoms with Crippen LogP contribution in [0.4, 0.5) is 0 Å². The standard InChI is InChI=1S/C19H22ClNO3/c1-10(2)15-13-7-8-14(15)17(19(23)24)16(13)18(22)21-9-11-3-5-12(20)6-4-11/h3-6,13-14,16-17H,7-9H2,1-2H3,(H,21,22)(H,23,24)/p-1/t13-,14-,16+,17-/m0/s1. The minimum absolute atomic E-state index is 0.0353. The fourth-order valence-corrected chi connectivity index (χ4v) is 4.63. The Labute approximate surface area is 146 Å². The Morgan fingerprint density at radius 1 is 1.12 bits per heavy atom. The second kappa shape index (κ2) is 6.60. The van der Waals surface area contributed by atoms with Crippen LogP contribution in [0.3, 0.4) is 0 Å². The van der Waals surface area contributed by atoms with Crippen molar-refractivity contribution in [1.29, 1.82) is 0 Å². The van der Waals surface area contributed by atoms with E-state index < -0.39 is 17.8 Å². The minimum atomic E-state index is -1.10. The van der Waals surface area contributed by atoms with Crippen LogP contribution in [0.5, 0.6) is 0 Å². The third-order valence-corrected chi connectivity index (χ3v) is 5.63. The summed E-state index contributed by atoms with van der Waals surface area (Å²) in [5.74, 6) is -2.54. The van der Waals surface area contributed by atoms with Crippen LogP contribution < -0.4 is 10.4 Å². The van der Waals surface area contributed by atoms with Gasteiger partial charge in [-0.25, -0.2) is 0 Å². The molecule has 0 spiro atoms. The van der Waals surface area contributed by atoms with Gasteiger partial charge >= 0.3 is 0 Å². The first-order chi connectivity index (χ1) is 11.4. The Hall–Kier alpha value is -1.81. The van der Waals surface area contributed by atoms with Crippen molar-refractivity contribution in [2.24, 2.45) is 23.7 Å². The van der Waals surface area contributed by atoms with Gasteiger partial charge in [-0.1, -0.05) is 34.9 Å². The second-order valence-corrected chi connectivity index (χ2v) is 7.40. The zero-order chi connectivity index (χ0) is 17.4. The monoisotopic (exact) mass is 346 g/mol. The largest absolute Gasteiger partial charge is 0.550 e. The number of carboxylic acid groups (broad SMARTS) is 1. The van der Waals surface area contributed by atoms with Crippen LogP contribution in [0, 0.1) is 23.7 Å². The van der Waals surface area contributed by atoms with Gasteiger partial charge < -0.3 is 15.2 Å². The number of benzene rings is 1. The predicted molar refractivity (Wildman–Crippen MR) is 89.9 cm³/mol. The van der Waals surface area contributed by atoms with Gasteiger partial charge in [0.25, 0.3) is 0 Å². The fourth-order valence-electron chi connectivity index (χ4n) is 4.50. The maximum Gasteiger partial charge on any atom is 0.224 e. The summed E-state index contributed by atoms with van der Waals surface area (Å²) in [6, 6.07) is 7.24. The van der Waals surface area contributed by atoms with Gasteiger partial charge in [0.1, 0.15) is 0 Å². The number of halogens is 1. The van der Waals surface area contributed by atoms with Crippen molar-refractivity contribution in [2.75, 3.05) is 0 Å². The Morgan fingerprint density at radius 3 is 2.25 bits per heavy atom. The number of aliphatic carboxylic acids is 1. The quantitative estimate of drug-likeness (QED) is 0.850. The van der Waals surface area contributed by atoms with E-state index in [1.807, 2.05) is 26.0 Å². The van der Waals surface area contributed by atoms with E-state index in [0.717, 1.165) is 29.6 Å². The van der Waals surface area contributed by atoms with Crippen molar-refractivity contribution in [2.45, 2.75) is 33.2 Å². The van der Waals surface area contributed by atoms with Gasteiger partial charge in [-0.2, -0.15) is 0 Å². The number of amides is 1. The molecule has 1 N–H and O–H groups in total. The molecule has 5 heteroatoms. The van der Waals surface area contributed by atoms with Gasteiger partial charge in [0, 0.05) is 23.5 Å². The van der Waals surface area contributed by atoms with Crippen LogP contribution in [-0.4, -0.2) is 11.9 Å². The molecule has 0 aromatic heterocycles. The number of carbonyl (C=O) groups is 2. The highest BCUT2D eigenvalue weighted by Gasteiger charge is 2.54. The minimum Gasteiger partial charge on any atom is -0.550 e. The SMILES string of the molecule is CC(C)=C1[C@@H]2CC[C@@H]1[C@@H](C(=O)NCc1ccc(Cl)cc1)[C@H]2C(=O)[O-]. The average Bonchev–Trinajstić information content (AvgIpc) is 3.10. The molecule has 0 unspecified atom stereocenters. The lowest BCUT2D eigenvalue weighted by Gasteiger charge is -2.30. The molecule has 2 bridgehead atoms. The molecule has 4 nitrogen and oxygen atoms in total. The van der Waals surface area contributed by atoms with Crippen molar-refractivity contribution in [3.05, 3.63) is 46.0 Å². The highest BCUT2D eigenvalue weighted by molar-refractivity contribution is 6.30. The van der Waals surface area contributed by atoms with E-state index >= 15 is 0 Å². The molecule has 0 saturated heterocycles. The van der Waals surface area contributed by atoms with Crippen molar-refractivity contribution in [3.8, 4) is 0 Å². The number of hydrogen-bond donors (Lipinski definition) is 1. The third-order valence-electron chi connectivity index (χ3n) is 5.37. The highest BCUT2D eigenvalue weighted by Crippen LogP contribution is 2.56. The van der Waals surface area contributed by atoms with Gasteiger partial charge in [-0.15, -0.1) is 0 Å². The van der Waals surface area contributed by atoms with Gasteiger partial charge in [0.15, 0.2) is 0 Å². The number of allylic oxidation sites excluding steroid dienone is 2. The summed E-state index contributed by atoms with van der Waals surface area (Å²) in [5.41, 5.74) is 3.24. The van der Waals surface area contributed by atoms with E-state index in [-0.39, 0.29) is 17.7 Å². The maximum atomic E-state index is 12.7. The van der Waals surface area contributed by atoms with Gasteiger partial charge in [0.05, 0.1) is 5.92 Å². The predicted octanol–water partition coefficient (Wildman–Crippen LogP) is 2.31. The van der Waals surface area contributed by atoms with Gasteiger partial charge in [-0.05, 0) is 56.2 Å². The van der Waals surface area contributed by atoms with Crippen LogP contribution in [0.1, 0.15) is 32.3 Å². The third kappa shape index (κ3) is 2.95. The van der Waals surface area contributed by atoms with E-state index in [1.54, 1.807) is 12.1 Å². The molecular formula is C19H21ClNO3-. The normalized spacial score (nSPS) is 28.0. The topological polar surface area (TPSA) is 69.2 Å². The number of rotatable bonds is 4. The molecule has 2 aliphatic rings. The molecule has 2 saturated carbocycles. The Morgan fingerprint density at radius 2 is 1.71 bits per heavy atom. The van der Waals surface area contributed by atoms with Crippen LogP contribution >= 0.6 is 11.6 Å². The van der Waals surface area contributed by atoms with Crippen molar-refractivity contribution in [3.63, 3.8) is 0 Å². The molecule has 3 rings (SSSR count). The number of carbonyl (C=O) groups excluding carboxylic acids is 2. The molecule has 2 fully saturated rings. The van der Waals surface area contributed by atoms with Crippen LogP contribution in [-0.2, 0) is 16.1 Å². The molecule has 4 atom stereocenters. The molecule has 1 aromatic carbocycles. The van der Waals surface area contributed by atoms with E-state index in [2.05, 4.69) is 5.32 Å². The zero-order valence-electron chi connectivity index (χ0n) is 13.8. The molecule has 0 heterocycles. The first-order valence-electron chi connectivity index (χ1n) is 8.30. The number of carboxylic acids is 1. The lowest BCUT2D eigenvalue weighted by Crippen LogP contribution is -2.45. The molecule has 1 aromatic rings. The van der Waals surface area contributed by atoms with E-state index in [9.17, 15) is 14.7 Å². The molecular weight excluding hydrogens is 326 g/mol. The summed E-state index contributed by atoms with van der Waals surface area (Å²) in [5, 5.41) is 15.2. The molecule has 0 aliphatic heterocycles. The number of fused-ring (bicyclic) bond motifs is 2. The van der Waals surface area contributed by atoms with Gasteiger partial charge in [-0.3, -0.25) is 4.79 Å². The van der Waals surface area contributed by atoms with Crippen LogP contribution in [0.25, 0.3) is 0 Å². The lowest BCUT2D eigenvalue weighted by atomic mass is 9.78. The Balaban J connectivity index is 1.77.